The summed E-state index contributed by atoms with van der Waals surface area (Å²) in [5.74, 6) is 0.802. The first-order valence-electron chi connectivity index (χ1n) is 20.3. The van der Waals surface area contributed by atoms with Gasteiger partial charge in [-0.05, 0) is 77.0 Å². The summed E-state index contributed by atoms with van der Waals surface area (Å²) < 4.78 is 1.17. The molecule has 0 aromatic rings. The van der Waals surface area contributed by atoms with Gasteiger partial charge >= 0.3 is 0 Å². The van der Waals surface area contributed by atoms with E-state index in [4.69, 9.17) is 11.6 Å². The SMILES string of the molecule is CCCCCCCC/C=C\CCCCCCCCC(CCCCCCCC/C=C\CCCCCCCC)[N+](C)(C)CCCCl. The van der Waals surface area contributed by atoms with Crippen LogP contribution in [0.4, 0.5) is 0 Å². The van der Waals surface area contributed by atoms with Gasteiger partial charge in [-0.1, -0.05) is 154 Å². The molecule has 2 heteroatoms. The van der Waals surface area contributed by atoms with E-state index >= 15 is 0 Å². The maximum Gasteiger partial charge on any atom is 0.0886 e. The smallest absolute Gasteiger partial charge is 0.0886 e. The summed E-state index contributed by atoms with van der Waals surface area (Å²) in [4.78, 5) is 0. The molecule has 0 saturated carbocycles. The number of rotatable bonds is 36. The normalized spacial score (nSPS) is 12.5. The molecule has 0 spiro atoms. The lowest BCUT2D eigenvalue weighted by atomic mass is 9.97. The van der Waals surface area contributed by atoms with Gasteiger partial charge in [0.15, 0.2) is 0 Å². The first-order valence-corrected chi connectivity index (χ1v) is 20.8. The van der Waals surface area contributed by atoms with Crippen molar-refractivity contribution in [3.05, 3.63) is 24.3 Å². The molecule has 0 aliphatic carbocycles. The average Bonchev–Trinajstić information content (AvgIpc) is 3.02. The number of unbranched alkanes of at least 4 members (excludes halogenated alkanes) is 24. The molecule has 262 valence electrons. The van der Waals surface area contributed by atoms with Crippen molar-refractivity contribution in [1.82, 2.24) is 0 Å². The van der Waals surface area contributed by atoms with E-state index in [1.54, 1.807) is 0 Å². The van der Waals surface area contributed by atoms with Crippen LogP contribution in [0.25, 0.3) is 0 Å². The number of halogens is 1. The van der Waals surface area contributed by atoms with Crippen molar-refractivity contribution < 1.29 is 4.48 Å². The van der Waals surface area contributed by atoms with Gasteiger partial charge in [-0.3, -0.25) is 0 Å². The van der Waals surface area contributed by atoms with Crippen molar-refractivity contribution in [2.75, 3.05) is 26.5 Å². The Morgan fingerprint density at radius 2 is 0.705 bits per heavy atom. The Morgan fingerprint density at radius 3 is 1.02 bits per heavy atom. The molecule has 0 radical (unpaired) electrons. The first-order chi connectivity index (χ1) is 21.6. The van der Waals surface area contributed by atoms with Crippen molar-refractivity contribution in [3.8, 4) is 0 Å². The molecular formula is C42H83ClN+. The van der Waals surface area contributed by atoms with E-state index in [1.807, 2.05) is 0 Å². The van der Waals surface area contributed by atoms with E-state index < -0.39 is 0 Å². The highest BCUT2D eigenvalue weighted by molar-refractivity contribution is 6.17. The van der Waals surface area contributed by atoms with Crippen LogP contribution in [0.1, 0.15) is 213 Å². The summed E-state index contributed by atoms with van der Waals surface area (Å²) in [5.41, 5.74) is 0. The Hall–Kier alpha value is -0.270. The quantitative estimate of drug-likeness (QED) is 0.0278. The summed E-state index contributed by atoms with van der Waals surface area (Å²) in [7, 11) is 4.94. The number of quaternary nitrogens is 1. The zero-order valence-corrected chi connectivity index (χ0v) is 31.8. The molecule has 0 fully saturated rings. The van der Waals surface area contributed by atoms with Crippen molar-refractivity contribution in [3.63, 3.8) is 0 Å². The van der Waals surface area contributed by atoms with Gasteiger partial charge in [0.2, 0.25) is 0 Å². The minimum atomic E-state index is 0.802. The molecule has 0 atom stereocenters. The Bertz CT molecular complexity index is 553. The van der Waals surface area contributed by atoms with E-state index in [2.05, 4.69) is 52.2 Å². The zero-order chi connectivity index (χ0) is 32.2. The lowest BCUT2D eigenvalue weighted by Crippen LogP contribution is -2.49. The predicted molar refractivity (Wildman–Crippen MR) is 204 cm³/mol. The topological polar surface area (TPSA) is 0 Å². The predicted octanol–water partition coefficient (Wildman–Crippen LogP) is 14.9. The van der Waals surface area contributed by atoms with Gasteiger partial charge in [-0.25, -0.2) is 0 Å². The Labute approximate surface area is 285 Å². The van der Waals surface area contributed by atoms with Crippen LogP contribution in [0.3, 0.4) is 0 Å². The highest BCUT2D eigenvalue weighted by Gasteiger charge is 2.26. The molecule has 0 aliphatic rings. The van der Waals surface area contributed by atoms with Crippen molar-refractivity contribution in [1.29, 1.82) is 0 Å². The van der Waals surface area contributed by atoms with E-state index in [9.17, 15) is 0 Å². The second-order valence-electron chi connectivity index (χ2n) is 14.7. The van der Waals surface area contributed by atoms with Crippen LogP contribution in [0, 0.1) is 0 Å². The van der Waals surface area contributed by atoms with Crippen LogP contribution in [0.15, 0.2) is 24.3 Å². The highest BCUT2D eigenvalue weighted by Crippen LogP contribution is 2.23. The van der Waals surface area contributed by atoms with Gasteiger partial charge in [-0.2, -0.15) is 0 Å². The fourth-order valence-electron chi connectivity index (χ4n) is 6.75. The van der Waals surface area contributed by atoms with Crippen molar-refractivity contribution in [2.24, 2.45) is 0 Å². The number of hydrogen-bond acceptors (Lipinski definition) is 0. The molecule has 1 nitrogen and oxygen atoms in total. The molecule has 0 saturated heterocycles. The lowest BCUT2D eigenvalue weighted by Gasteiger charge is -2.38. The monoisotopic (exact) mass is 637 g/mol. The van der Waals surface area contributed by atoms with Crippen LogP contribution in [0.2, 0.25) is 0 Å². The van der Waals surface area contributed by atoms with E-state index in [0.29, 0.717) is 0 Å². The number of nitrogens with zero attached hydrogens (tertiary/aromatic N) is 1. The third-order valence-corrected chi connectivity index (χ3v) is 10.2. The van der Waals surface area contributed by atoms with Crippen molar-refractivity contribution in [2.45, 2.75) is 219 Å². The highest BCUT2D eigenvalue weighted by atomic mass is 35.5. The Morgan fingerprint density at radius 1 is 0.409 bits per heavy atom. The largest absolute Gasteiger partial charge is 0.326 e. The average molecular weight is 638 g/mol. The Balaban J connectivity index is 3.88. The van der Waals surface area contributed by atoms with E-state index in [1.165, 1.54) is 204 Å². The second kappa shape index (κ2) is 35.6. The molecule has 0 aromatic carbocycles. The summed E-state index contributed by atoms with van der Waals surface area (Å²) in [6.45, 7) is 5.82. The lowest BCUT2D eigenvalue weighted by molar-refractivity contribution is -0.915. The zero-order valence-electron chi connectivity index (χ0n) is 31.0. The van der Waals surface area contributed by atoms with Gasteiger partial charge in [-0.15, -0.1) is 11.6 Å². The van der Waals surface area contributed by atoms with Gasteiger partial charge in [0, 0.05) is 12.3 Å². The molecule has 0 heterocycles. The molecule has 0 aliphatic heterocycles. The molecule has 0 bridgehead atoms. The number of alkyl halides is 1. The van der Waals surface area contributed by atoms with Gasteiger partial charge in [0.1, 0.15) is 0 Å². The third kappa shape index (κ3) is 31.7. The number of allylic oxidation sites excluding steroid dienone is 4. The van der Waals surface area contributed by atoms with Gasteiger partial charge < -0.3 is 4.48 Å². The molecule has 0 rings (SSSR count). The fourth-order valence-corrected chi connectivity index (χ4v) is 6.87. The molecule has 44 heavy (non-hydrogen) atoms. The summed E-state index contributed by atoms with van der Waals surface area (Å²) >= 11 is 6.09. The van der Waals surface area contributed by atoms with Crippen molar-refractivity contribution >= 4 is 11.6 Å². The Kier molecular flexibility index (Phi) is 35.4. The minimum Gasteiger partial charge on any atom is -0.326 e. The van der Waals surface area contributed by atoms with Gasteiger partial charge in [0.25, 0.3) is 0 Å². The minimum absolute atomic E-state index is 0.802. The van der Waals surface area contributed by atoms with Crippen LogP contribution in [0.5, 0.6) is 0 Å². The van der Waals surface area contributed by atoms with E-state index in [-0.39, 0.29) is 0 Å². The summed E-state index contributed by atoms with van der Waals surface area (Å²) in [6, 6.07) is 0.812. The van der Waals surface area contributed by atoms with Crippen LogP contribution < -0.4 is 0 Å². The molecular weight excluding hydrogens is 554 g/mol. The first kappa shape index (κ1) is 43.7. The maximum atomic E-state index is 6.09. The standard InChI is InChI=1S/C42H83ClN/c1-5-7-9-11-13-15-17-19-21-23-25-27-29-31-33-35-38-42(44(3,4)41-37-40-43)39-36-34-32-30-28-26-24-22-20-18-16-14-12-10-8-6-2/h19-22,42H,5-18,23-41H2,1-4H3/q+1/b21-19-,22-20-. The summed E-state index contributed by atoms with van der Waals surface area (Å²) in [6.07, 6.45) is 52.8. The molecule has 0 unspecified atom stereocenters. The molecule has 0 amide bonds. The second-order valence-corrected chi connectivity index (χ2v) is 15.0. The maximum absolute atomic E-state index is 6.09. The fraction of sp³-hybridized carbons (Fsp3) is 0.905. The van der Waals surface area contributed by atoms with Crippen LogP contribution >= 0.6 is 11.6 Å². The van der Waals surface area contributed by atoms with Crippen LogP contribution in [-0.4, -0.2) is 37.0 Å². The molecule has 0 N–H and O–H groups in total. The third-order valence-electron chi connectivity index (χ3n) is 9.95. The van der Waals surface area contributed by atoms with E-state index in [0.717, 1.165) is 18.3 Å². The van der Waals surface area contributed by atoms with Gasteiger partial charge in [0.05, 0.1) is 26.7 Å². The van der Waals surface area contributed by atoms with Crippen LogP contribution in [-0.2, 0) is 0 Å². The molecule has 0 aromatic heterocycles. The number of hydrogen-bond donors (Lipinski definition) is 0. The summed E-state index contributed by atoms with van der Waals surface area (Å²) in [5, 5.41) is 0.